The summed E-state index contributed by atoms with van der Waals surface area (Å²) in [6, 6.07) is 8.22. The average molecular weight is 290 g/mol. The van der Waals surface area contributed by atoms with Crippen molar-refractivity contribution in [1.82, 2.24) is 10.4 Å². The van der Waals surface area contributed by atoms with Gasteiger partial charge in [0.1, 0.15) is 5.84 Å². The molecule has 0 saturated carbocycles. The van der Waals surface area contributed by atoms with Crippen molar-refractivity contribution >= 4 is 23.0 Å². The van der Waals surface area contributed by atoms with Crippen LogP contribution in [0.2, 0.25) is 0 Å². The van der Waals surface area contributed by atoms with Crippen LogP contribution in [0.1, 0.15) is 31.2 Å². The first-order valence-corrected chi connectivity index (χ1v) is 6.82. The highest BCUT2D eigenvalue weighted by molar-refractivity contribution is 5.99. The molecule has 0 radical (unpaired) electrons. The Morgan fingerprint density at radius 2 is 2.10 bits per heavy atom. The third kappa shape index (κ3) is 3.39. The number of nitrogens with zero attached hydrogens (tertiary/aromatic N) is 2. The van der Waals surface area contributed by atoms with Gasteiger partial charge in [0.15, 0.2) is 0 Å². The van der Waals surface area contributed by atoms with Crippen molar-refractivity contribution in [2.75, 3.05) is 6.54 Å². The second kappa shape index (κ2) is 7.10. The molecule has 1 aliphatic heterocycles. The third-order valence-corrected chi connectivity index (χ3v) is 3.39. The standard InChI is InChI=1S/C15H18N4.ClH/c1-2-8-15(16-9-5-1)19-18-11-12-10-17-14-7-4-3-6-13(12)14;/h3-4,6-7,10-11,17H,1-2,5,8-9H2,(H,16,19);1H/p-1. The molecule has 0 aliphatic carbocycles. The van der Waals surface area contributed by atoms with Gasteiger partial charge in [-0.15, -0.1) is 0 Å². The van der Waals surface area contributed by atoms with E-state index in [0.29, 0.717) is 0 Å². The Bertz CT molecular complexity index is 615. The number of nitrogens with one attached hydrogen (secondary N) is 2. The Morgan fingerprint density at radius 3 is 3.05 bits per heavy atom. The number of halogens is 1. The van der Waals surface area contributed by atoms with Crippen LogP contribution in [0.3, 0.4) is 0 Å². The molecule has 0 unspecified atom stereocenters. The van der Waals surface area contributed by atoms with Crippen LogP contribution < -0.4 is 17.8 Å². The van der Waals surface area contributed by atoms with Crippen LogP contribution in [0.4, 0.5) is 0 Å². The van der Waals surface area contributed by atoms with Crippen molar-refractivity contribution < 1.29 is 12.4 Å². The summed E-state index contributed by atoms with van der Waals surface area (Å²) in [7, 11) is 0. The Kier molecular flexibility index (Phi) is 5.18. The summed E-state index contributed by atoms with van der Waals surface area (Å²) >= 11 is 0. The summed E-state index contributed by atoms with van der Waals surface area (Å²) in [6.07, 6.45) is 8.49. The molecule has 0 saturated heterocycles. The number of rotatable bonds is 2. The fourth-order valence-corrected chi connectivity index (χ4v) is 2.34. The zero-order chi connectivity index (χ0) is 12.9. The monoisotopic (exact) mass is 289 g/mol. The maximum atomic E-state index is 4.49. The minimum atomic E-state index is 0. The fraction of sp³-hybridized carbons (Fsp3) is 0.333. The van der Waals surface area contributed by atoms with Gasteiger partial charge in [-0.3, -0.25) is 10.4 Å². The van der Waals surface area contributed by atoms with Gasteiger partial charge in [-0.2, -0.15) is 5.10 Å². The van der Waals surface area contributed by atoms with Crippen LogP contribution >= 0.6 is 0 Å². The molecule has 2 N–H and O–H groups in total. The highest BCUT2D eigenvalue weighted by atomic mass is 35.5. The molecule has 0 fully saturated rings. The van der Waals surface area contributed by atoms with Gasteiger partial charge in [0.2, 0.25) is 0 Å². The lowest BCUT2D eigenvalue weighted by Crippen LogP contribution is -3.00. The number of aromatic amines is 1. The number of para-hydroxylation sites is 1. The first-order valence-electron chi connectivity index (χ1n) is 6.82. The second-order valence-corrected chi connectivity index (χ2v) is 4.80. The van der Waals surface area contributed by atoms with Gasteiger partial charge in [-0.25, -0.2) is 0 Å². The van der Waals surface area contributed by atoms with Crippen LogP contribution in [0.5, 0.6) is 0 Å². The van der Waals surface area contributed by atoms with Crippen molar-refractivity contribution in [2.45, 2.75) is 25.7 Å². The number of hydrazone groups is 1. The van der Waals surface area contributed by atoms with Gasteiger partial charge in [-0.1, -0.05) is 24.6 Å². The topological polar surface area (TPSA) is 52.5 Å². The predicted octanol–water partition coefficient (Wildman–Crippen LogP) is 0.0679. The maximum Gasteiger partial charge on any atom is 0.117 e. The van der Waals surface area contributed by atoms with Crippen LogP contribution in [0, 0.1) is 0 Å². The maximum absolute atomic E-state index is 4.49. The molecule has 0 atom stereocenters. The van der Waals surface area contributed by atoms with Crippen LogP contribution in [-0.4, -0.2) is 23.6 Å². The van der Waals surface area contributed by atoms with E-state index >= 15 is 0 Å². The number of aromatic nitrogens is 1. The number of aliphatic imine (C=N–C) groups is 1. The number of H-pyrrole nitrogens is 1. The summed E-state index contributed by atoms with van der Waals surface area (Å²) in [5.41, 5.74) is 5.30. The summed E-state index contributed by atoms with van der Waals surface area (Å²) in [6.45, 7) is 0.922. The van der Waals surface area contributed by atoms with E-state index in [4.69, 9.17) is 0 Å². The van der Waals surface area contributed by atoms with E-state index in [-0.39, 0.29) is 12.4 Å². The van der Waals surface area contributed by atoms with Crippen LogP contribution in [0.25, 0.3) is 10.9 Å². The summed E-state index contributed by atoms with van der Waals surface area (Å²) < 4.78 is 0. The Labute approximate surface area is 124 Å². The largest absolute Gasteiger partial charge is 1.00 e. The Balaban J connectivity index is 0.00000147. The van der Waals surface area contributed by atoms with Crippen molar-refractivity contribution in [2.24, 2.45) is 10.1 Å². The Hall–Kier alpha value is -1.81. The minimum absolute atomic E-state index is 0. The zero-order valence-electron chi connectivity index (χ0n) is 11.3. The molecule has 1 aromatic carbocycles. The van der Waals surface area contributed by atoms with E-state index in [1.807, 2.05) is 24.5 Å². The third-order valence-electron chi connectivity index (χ3n) is 3.39. The first-order chi connectivity index (χ1) is 9.43. The molecule has 0 spiro atoms. The van der Waals surface area contributed by atoms with Gasteiger partial charge in [0, 0.05) is 35.6 Å². The van der Waals surface area contributed by atoms with E-state index in [2.05, 4.69) is 32.6 Å². The number of benzene rings is 1. The van der Waals surface area contributed by atoms with E-state index in [0.717, 1.165) is 29.9 Å². The highest BCUT2D eigenvalue weighted by Crippen LogP contribution is 2.15. The second-order valence-electron chi connectivity index (χ2n) is 4.80. The van der Waals surface area contributed by atoms with E-state index < -0.39 is 0 Å². The number of hydrogen-bond donors (Lipinski definition) is 2. The van der Waals surface area contributed by atoms with Crippen molar-refractivity contribution in [3.63, 3.8) is 0 Å². The smallest absolute Gasteiger partial charge is 0.117 e. The van der Waals surface area contributed by atoms with Gasteiger partial charge in [-0.05, 0) is 18.9 Å². The average Bonchev–Trinajstić information content (AvgIpc) is 2.68. The predicted molar refractivity (Wildman–Crippen MR) is 79.8 cm³/mol. The lowest BCUT2D eigenvalue weighted by molar-refractivity contribution is -0.00000396. The van der Waals surface area contributed by atoms with E-state index in [1.54, 1.807) is 0 Å². The lowest BCUT2D eigenvalue weighted by Gasteiger charge is -2.01. The lowest BCUT2D eigenvalue weighted by atomic mass is 10.2. The van der Waals surface area contributed by atoms with Gasteiger partial charge in [0.25, 0.3) is 0 Å². The quantitative estimate of drug-likeness (QED) is 0.597. The van der Waals surface area contributed by atoms with Gasteiger partial charge >= 0.3 is 0 Å². The molecule has 2 heterocycles. The molecule has 0 amide bonds. The van der Waals surface area contributed by atoms with Gasteiger partial charge in [0.05, 0.1) is 6.21 Å². The van der Waals surface area contributed by atoms with E-state index in [9.17, 15) is 0 Å². The number of amidine groups is 1. The molecule has 2 aromatic rings. The number of fused-ring (bicyclic) bond motifs is 1. The first kappa shape index (κ1) is 14.6. The van der Waals surface area contributed by atoms with Crippen LogP contribution in [0.15, 0.2) is 40.6 Å². The summed E-state index contributed by atoms with van der Waals surface area (Å²) in [5, 5.41) is 5.49. The molecular formula is C15H18ClN4-. The molecule has 20 heavy (non-hydrogen) atoms. The van der Waals surface area contributed by atoms with Gasteiger partial charge < -0.3 is 17.4 Å². The molecule has 0 bridgehead atoms. The molecule has 3 rings (SSSR count). The molecular weight excluding hydrogens is 272 g/mol. The summed E-state index contributed by atoms with van der Waals surface area (Å²) in [4.78, 5) is 7.73. The number of hydrogen-bond acceptors (Lipinski definition) is 3. The molecule has 106 valence electrons. The summed E-state index contributed by atoms with van der Waals surface area (Å²) in [5.74, 6) is 1.01. The Morgan fingerprint density at radius 1 is 1.20 bits per heavy atom. The van der Waals surface area contributed by atoms with Crippen molar-refractivity contribution in [3.8, 4) is 0 Å². The van der Waals surface area contributed by atoms with Crippen molar-refractivity contribution in [3.05, 3.63) is 36.0 Å². The van der Waals surface area contributed by atoms with Crippen molar-refractivity contribution in [1.29, 1.82) is 0 Å². The molecule has 1 aliphatic rings. The minimum Gasteiger partial charge on any atom is -1.00 e. The van der Waals surface area contributed by atoms with Crippen LogP contribution in [-0.2, 0) is 0 Å². The molecule has 4 nitrogen and oxygen atoms in total. The SMILES string of the molecule is C(=NNC1=NCCCCC1)c1c[nH]c2ccccc12.[Cl-]. The molecule has 5 heteroatoms. The molecule has 1 aromatic heterocycles. The van der Waals surface area contributed by atoms with E-state index in [1.165, 1.54) is 24.6 Å². The fourth-order valence-electron chi connectivity index (χ4n) is 2.34. The highest BCUT2D eigenvalue weighted by Gasteiger charge is 2.03. The normalized spacial score (nSPS) is 15.7. The zero-order valence-corrected chi connectivity index (χ0v) is 12.0.